The third-order valence-corrected chi connectivity index (χ3v) is 3.90. The largest absolute Gasteiger partial charge is 0.493 e. The predicted octanol–water partition coefficient (Wildman–Crippen LogP) is 3.15. The minimum atomic E-state index is -1.41. The highest BCUT2D eigenvalue weighted by atomic mass is 32.2. The second-order valence-corrected chi connectivity index (χ2v) is 5.59. The Morgan fingerprint density at radius 1 is 1.00 bits per heavy atom. The molecule has 1 unspecified atom stereocenters. The average molecular weight is 303 g/mol. The van der Waals surface area contributed by atoms with Crippen LogP contribution in [0, 0.1) is 6.92 Å². The molecule has 0 saturated heterocycles. The van der Waals surface area contributed by atoms with Crippen LogP contribution in [0.25, 0.3) is 0 Å². The van der Waals surface area contributed by atoms with Gasteiger partial charge in [-0.3, -0.25) is 0 Å². The lowest BCUT2D eigenvalue weighted by atomic mass is 10.2. The average Bonchev–Trinajstić information content (AvgIpc) is 2.52. The van der Waals surface area contributed by atoms with E-state index in [9.17, 15) is 4.21 Å². The Bertz CT molecular complexity index is 666. The Balaban J connectivity index is 2.17. The number of ether oxygens (including phenoxy) is 2. The molecule has 0 heterocycles. The summed E-state index contributed by atoms with van der Waals surface area (Å²) in [5.41, 5.74) is 1.92. The fourth-order valence-electron chi connectivity index (χ4n) is 1.76. The van der Waals surface area contributed by atoms with Crippen molar-refractivity contribution in [3.63, 3.8) is 0 Å². The number of rotatable bonds is 5. The monoisotopic (exact) mass is 303 g/mol. The number of hydrogen-bond acceptors (Lipinski definition) is 3. The molecule has 2 aromatic carbocycles. The van der Waals surface area contributed by atoms with Crippen LogP contribution < -0.4 is 9.47 Å². The van der Waals surface area contributed by atoms with E-state index in [2.05, 4.69) is 4.40 Å². The van der Waals surface area contributed by atoms with E-state index >= 15 is 0 Å². The molecule has 0 aliphatic rings. The van der Waals surface area contributed by atoms with Crippen LogP contribution in [0.15, 0.2) is 51.8 Å². The van der Waals surface area contributed by atoms with Crippen molar-refractivity contribution in [2.75, 3.05) is 14.2 Å². The number of methoxy groups -OCH3 is 2. The van der Waals surface area contributed by atoms with Crippen molar-refractivity contribution < 1.29 is 13.7 Å². The fourth-order valence-corrected chi connectivity index (χ4v) is 2.47. The quantitative estimate of drug-likeness (QED) is 0.797. The van der Waals surface area contributed by atoms with Crippen LogP contribution in [-0.2, 0) is 11.0 Å². The summed E-state index contributed by atoms with van der Waals surface area (Å²) in [7, 11) is 1.74. The van der Waals surface area contributed by atoms with Crippen LogP contribution in [0.4, 0.5) is 0 Å². The summed E-state index contributed by atoms with van der Waals surface area (Å²) in [5, 5.41) is 0. The van der Waals surface area contributed by atoms with Crippen molar-refractivity contribution >= 4 is 17.2 Å². The van der Waals surface area contributed by atoms with E-state index in [1.165, 1.54) is 0 Å². The van der Waals surface area contributed by atoms with Gasteiger partial charge in [0.05, 0.1) is 19.1 Å². The summed E-state index contributed by atoms with van der Waals surface area (Å²) in [6.45, 7) is 1.99. The van der Waals surface area contributed by atoms with Crippen molar-refractivity contribution in [2.24, 2.45) is 4.40 Å². The molecule has 0 saturated carbocycles. The smallest absolute Gasteiger partial charge is 0.172 e. The maximum Gasteiger partial charge on any atom is 0.172 e. The Labute approximate surface area is 127 Å². The first-order chi connectivity index (χ1) is 10.1. The van der Waals surface area contributed by atoms with E-state index in [0.29, 0.717) is 16.4 Å². The highest BCUT2D eigenvalue weighted by Gasteiger charge is 2.04. The van der Waals surface area contributed by atoms with E-state index in [-0.39, 0.29) is 0 Å². The van der Waals surface area contributed by atoms with Gasteiger partial charge in [0.2, 0.25) is 0 Å². The molecule has 0 aliphatic carbocycles. The molecule has 0 spiro atoms. The molecule has 0 amide bonds. The topological polar surface area (TPSA) is 47.9 Å². The molecule has 21 heavy (non-hydrogen) atoms. The molecular weight excluding hydrogens is 286 g/mol. The molecule has 2 aromatic rings. The van der Waals surface area contributed by atoms with Gasteiger partial charge in [0.15, 0.2) is 22.5 Å². The molecule has 0 fully saturated rings. The molecule has 0 bridgehead atoms. The SMILES string of the molecule is COc1ccc(/C=N/S(=O)c2ccc(C)cc2)cc1OC. The Morgan fingerprint density at radius 3 is 2.29 bits per heavy atom. The lowest BCUT2D eigenvalue weighted by Gasteiger charge is -2.07. The van der Waals surface area contributed by atoms with E-state index in [1.54, 1.807) is 32.6 Å². The van der Waals surface area contributed by atoms with Crippen LogP contribution in [0.5, 0.6) is 11.5 Å². The third-order valence-electron chi connectivity index (χ3n) is 2.93. The zero-order valence-corrected chi connectivity index (χ0v) is 13.0. The first kappa shape index (κ1) is 15.3. The van der Waals surface area contributed by atoms with Crippen LogP contribution in [0.1, 0.15) is 11.1 Å². The highest BCUT2D eigenvalue weighted by Crippen LogP contribution is 2.26. The van der Waals surface area contributed by atoms with Gasteiger partial charge >= 0.3 is 0 Å². The minimum absolute atomic E-state index is 0.613. The second-order valence-electron chi connectivity index (χ2n) is 4.41. The normalized spacial score (nSPS) is 12.3. The maximum absolute atomic E-state index is 12.1. The summed E-state index contributed by atoms with van der Waals surface area (Å²) in [4.78, 5) is 0.678. The maximum atomic E-state index is 12.1. The van der Waals surface area contributed by atoms with Crippen molar-refractivity contribution in [3.8, 4) is 11.5 Å². The van der Waals surface area contributed by atoms with Crippen molar-refractivity contribution in [3.05, 3.63) is 53.6 Å². The van der Waals surface area contributed by atoms with Gasteiger partial charge < -0.3 is 9.47 Å². The first-order valence-electron chi connectivity index (χ1n) is 6.38. The van der Waals surface area contributed by atoms with Gasteiger partial charge in [0.25, 0.3) is 0 Å². The molecular formula is C16H17NO3S. The van der Waals surface area contributed by atoms with Gasteiger partial charge in [-0.25, -0.2) is 4.21 Å². The molecule has 110 valence electrons. The highest BCUT2D eigenvalue weighted by molar-refractivity contribution is 7.83. The van der Waals surface area contributed by atoms with Crippen LogP contribution in [0.3, 0.4) is 0 Å². The summed E-state index contributed by atoms with van der Waals surface area (Å²) in [5.74, 6) is 1.26. The van der Waals surface area contributed by atoms with Crippen molar-refractivity contribution in [1.82, 2.24) is 0 Å². The van der Waals surface area contributed by atoms with Gasteiger partial charge in [-0.2, -0.15) is 4.40 Å². The molecule has 0 aromatic heterocycles. The summed E-state index contributed by atoms with van der Waals surface area (Å²) in [6.07, 6.45) is 1.57. The second kappa shape index (κ2) is 7.04. The Kier molecular flexibility index (Phi) is 5.11. The summed E-state index contributed by atoms with van der Waals surface area (Å²) in [6, 6.07) is 12.9. The number of benzene rings is 2. The lowest BCUT2D eigenvalue weighted by molar-refractivity contribution is 0.355. The Morgan fingerprint density at radius 2 is 1.67 bits per heavy atom. The van der Waals surface area contributed by atoms with E-state index < -0.39 is 11.0 Å². The van der Waals surface area contributed by atoms with Gasteiger partial charge in [-0.1, -0.05) is 17.7 Å². The molecule has 5 heteroatoms. The van der Waals surface area contributed by atoms with Crippen LogP contribution in [0.2, 0.25) is 0 Å². The first-order valence-corrected chi connectivity index (χ1v) is 7.49. The van der Waals surface area contributed by atoms with Crippen LogP contribution >= 0.6 is 0 Å². The fraction of sp³-hybridized carbons (Fsp3) is 0.188. The molecule has 0 radical (unpaired) electrons. The van der Waals surface area contributed by atoms with Crippen LogP contribution in [-0.4, -0.2) is 24.6 Å². The molecule has 0 aliphatic heterocycles. The molecule has 1 atom stereocenters. The zero-order chi connectivity index (χ0) is 15.2. The lowest BCUT2D eigenvalue weighted by Crippen LogP contribution is -1.93. The Hall–Kier alpha value is -2.14. The zero-order valence-electron chi connectivity index (χ0n) is 12.2. The standard InChI is InChI=1S/C16H17NO3S/c1-12-4-7-14(8-5-12)21(18)17-11-13-6-9-15(19-2)16(10-13)20-3/h4-11H,1-3H3/b17-11+. The van der Waals surface area contributed by atoms with Gasteiger partial charge in [-0.15, -0.1) is 0 Å². The van der Waals surface area contributed by atoms with E-state index in [4.69, 9.17) is 9.47 Å². The van der Waals surface area contributed by atoms with E-state index in [0.717, 1.165) is 11.1 Å². The molecule has 4 nitrogen and oxygen atoms in total. The predicted molar refractivity (Wildman–Crippen MR) is 84.7 cm³/mol. The van der Waals surface area contributed by atoms with Gasteiger partial charge in [0.1, 0.15) is 0 Å². The van der Waals surface area contributed by atoms with Crippen molar-refractivity contribution in [1.29, 1.82) is 0 Å². The third kappa shape index (κ3) is 3.92. The molecule has 2 rings (SSSR count). The molecule has 0 N–H and O–H groups in total. The van der Waals surface area contributed by atoms with Gasteiger partial charge in [0, 0.05) is 6.21 Å². The summed E-state index contributed by atoms with van der Waals surface area (Å²) >= 11 is 0. The van der Waals surface area contributed by atoms with Gasteiger partial charge in [-0.05, 0) is 42.8 Å². The number of nitrogens with zero attached hydrogens (tertiary/aromatic N) is 1. The summed E-state index contributed by atoms with van der Waals surface area (Å²) < 4.78 is 26.5. The number of hydrogen-bond donors (Lipinski definition) is 0. The minimum Gasteiger partial charge on any atom is -0.493 e. The van der Waals surface area contributed by atoms with E-state index in [1.807, 2.05) is 37.3 Å². The van der Waals surface area contributed by atoms with Crippen molar-refractivity contribution in [2.45, 2.75) is 11.8 Å². The number of aryl methyl sites for hydroxylation is 1.